The topological polar surface area (TPSA) is 67.2 Å². The summed E-state index contributed by atoms with van der Waals surface area (Å²) < 4.78 is 7.02. The molecule has 2 aromatic heterocycles. The minimum atomic E-state index is 0.586. The molecule has 2 heterocycles. The maximum atomic E-state index is 5.98. The number of nitrogens with one attached hydrogen (secondary N) is 2. The lowest BCUT2D eigenvalue weighted by Crippen LogP contribution is -1.94. The number of benzene rings is 2. The van der Waals surface area contributed by atoms with Gasteiger partial charge in [-0.2, -0.15) is 4.98 Å². The van der Waals surface area contributed by atoms with Gasteiger partial charge in [0.05, 0.1) is 18.1 Å². The van der Waals surface area contributed by atoms with E-state index in [9.17, 15) is 0 Å². The number of ether oxygens (including phenoxy) is 1. The molecule has 0 atom stereocenters. The molecule has 0 fully saturated rings. The first-order valence-corrected chi connectivity index (χ1v) is 7.05. The zero-order chi connectivity index (χ0) is 15.1. The number of rotatable bonds is 3. The Labute approximate surface area is 130 Å². The molecule has 0 aliphatic rings. The second kappa shape index (κ2) is 4.92. The van der Waals surface area contributed by atoms with Gasteiger partial charge in [0.25, 0.3) is 5.78 Å². The van der Waals surface area contributed by atoms with Gasteiger partial charge in [-0.25, -0.2) is 9.50 Å². The molecule has 6 nitrogen and oxygen atoms in total. The summed E-state index contributed by atoms with van der Waals surface area (Å²) in [5, 5.41) is 7.02. The molecule has 0 unspecified atom stereocenters. The Morgan fingerprint density at radius 1 is 1.18 bits per heavy atom. The second-order valence-electron chi connectivity index (χ2n) is 4.81. The molecule has 0 bridgehead atoms. The highest BCUT2D eigenvalue weighted by molar-refractivity contribution is 6.31. The van der Waals surface area contributed by atoms with E-state index in [0.717, 1.165) is 22.5 Å². The Morgan fingerprint density at radius 2 is 2.09 bits per heavy atom. The average Bonchev–Trinajstić information content (AvgIpc) is 3.03. The van der Waals surface area contributed by atoms with Gasteiger partial charge in [0.2, 0.25) is 5.95 Å². The van der Waals surface area contributed by atoms with E-state index < -0.39 is 0 Å². The first kappa shape index (κ1) is 13.0. The monoisotopic (exact) mass is 313 g/mol. The lowest BCUT2D eigenvalue weighted by Gasteiger charge is -2.04. The molecule has 0 aliphatic carbocycles. The smallest absolute Gasteiger partial charge is 0.253 e. The summed E-state index contributed by atoms with van der Waals surface area (Å²) in [6.45, 7) is 0. The van der Waals surface area contributed by atoms with Gasteiger partial charge in [0.1, 0.15) is 5.75 Å². The molecule has 0 spiro atoms. The van der Waals surface area contributed by atoms with E-state index in [0.29, 0.717) is 16.7 Å². The summed E-state index contributed by atoms with van der Waals surface area (Å²) in [4.78, 5) is 8.88. The summed E-state index contributed by atoms with van der Waals surface area (Å²) in [5.74, 6) is 1.97. The van der Waals surface area contributed by atoms with Crippen LogP contribution in [0.25, 0.3) is 16.8 Å². The number of hydrogen-bond donors (Lipinski definition) is 2. The van der Waals surface area contributed by atoms with Crippen molar-refractivity contribution >= 4 is 40.0 Å². The summed E-state index contributed by atoms with van der Waals surface area (Å²) in [7, 11) is 1.64. The number of H-pyrrole nitrogens is 1. The minimum Gasteiger partial charge on any atom is -0.497 e. The third kappa shape index (κ3) is 2.14. The van der Waals surface area contributed by atoms with Crippen molar-refractivity contribution in [2.45, 2.75) is 0 Å². The number of hydrogen-bond acceptors (Lipinski definition) is 4. The Bertz CT molecular complexity index is 975. The maximum Gasteiger partial charge on any atom is 0.253 e. The number of aromatic amines is 1. The van der Waals surface area contributed by atoms with Gasteiger partial charge in [-0.15, -0.1) is 0 Å². The third-order valence-electron chi connectivity index (χ3n) is 3.36. The molecular weight excluding hydrogens is 302 g/mol. The van der Waals surface area contributed by atoms with E-state index in [1.165, 1.54) is 0 Å². The SMILES string of the molecule is COc1cccc(Nc2nc3nc4cc(Cl)ccc4n3[nH]2)c1. The zero-order valence-electron chi connectivity index (χ0n) is 11.7. The molecule has 0 radical (unpaired) electrons. The van der Waals surface area contributed by atoms with E-state index in [1.807, 2.05) is 47.0 Å². The van der Waals surface area contributed by atoms with Crippen LogP contribution in [0, 0.1) is 0 Å². The summed E-state index contributed by atoms with van der Waals surface area (Å²) in [5.41, 5.74) is 2.61. The van der Waals surface area contributed by atoms with Crippen LogP contribution in [-0.2, 0) is 0 Å². The van der Waals surface area contributed by atoms with Gasteiger partial charge in [-0.3, -0.25) is 5.10 Å². The number of imidazole rings is 1. The molecule has 0 saturated carbocycles. The Kier molecular flexibility index (Phi) is 2.90. The Morgan fingerprint density at radius 3 is 2.95 bits per heavy atom. The standard InChI is InChI=1S/C15H12ClN5O/c1-22-11-4-2-3-10(8-11)17-14-19-15-18-12-7-9(16)5-6-13(12)21(15)20-14/h2-8H,1H3,(H2,17,18,19,20). The fraction of sp³-hybridized carbons (Fsp3) is 0.0667. The van der Waals surface area contributed by atoms with Crippen LogP contribution < -0.4 is 10.1 Å². The number of nitrogens with zero attached hydrogens (tertiary/aromatic N) is 3. The van der Waals surface area contributed by atoms with E-state index in [-0.39, 0.29) is 0 Å². The van der Waals surface area contributed by atoms with E-state index >= 15 is 0 Å². The molecule has 0 amide bonds. The summed E-state index contributed by atoms with van der Waals surface area (Å²) >= 11 is 5.98. The molecular formula is C15H12ClN5O. The van der Waals surface area contributed by atoms with Crippen molar-refractivity contribution in [2.24, 2.45) is 0 Å². The highest BCUT2D eigenvalue weighted by Crippen LogP contribution is 2.23. The first-order valence-electron chi connectivity index (χ1n) is 6.68. The highest BCUT2D eigenvalue weighted by atomic mass is 35.5. The maximum absolute atomic E-state index is 5.98. The molecule has 7 heteroatoms. The predicted octanol–water partition coefficient (Wildman–Crippen LogP) is 3.62. The number of aromatic nitrogens is 4. The number of halogens is 1. The Balaban J connectivity index is 1.73. The molecule has 0 aliphatic heterocycles. The van der Waals surface area contributed by atoms with Crippen molar-refractivity contribution in [3.63, 3.8) is 0 Å². The number of fused-ring (bicyclic) bond motifs is 3. The van der Waals surface area contributed by atoms with Crippen molar-refractivity contribution in [1.82, 2.24) is 19.6 Å². The van der Waals surface area contributed by atoms with E-state index in [2.05, 4.69) is 20.4 Å². The predicted molar refractivity (Wildman–Crippen MR) is 86.1 cm³/mol. The van der Waals surface area contributed by atoms with Crippen LogP contribution in [0.1, 0.15) is 0 Å². The molecule has 0 saturated heterocycles. The lowest BCUT2D eigenvalue weighted by atomic mass is 10.3. The molecule has 22 heavy (non-hydrogen) atoms. The van der Waals surface area contributed by atoms with Gasteiger partial charge >= 0.3 is 0 Å². The van der Waals surface area contributed by atoms with Crippen molar-refractivity contribution in [1.29, 1.82) is 0 Å². The second-order valence-corrected chi connectivity index (χ2v) is 5.25. The largest absolute Gasteiger partial charge is 0.497 e. The van der Waals surface area contributed by atoms with E-state index in [4.69, 9.17) is 16.3 Å². The fourth-order valence-electron chi connectivity index (χ4n) is 2.35. The van der Waals surface area contributed by atoms with Crippen molar-refractivity contribution in [3.8, 4) is 5.75 Å². The zero-order valence-corrected chi connectivity index (χ0v) is 12.4. The number of anilines is 2. The van der Waals surface area contributed by atoms with Crippen LogP contribution in [0.2, 0.25) is 5.02 Å². The van der Waals surface area contributed by atoms with Gasteiger partial charge < -0.3 is 10.1 Å². The average molecular weight is 314 g/mol. The summed E-state index contributed by atoms with van der Waals surface area (Å²) in [6.07, 6.45) is 0. The Hall–Kier alpha value is -2.73. The molecule has 4 aromatic rings. The van der Waals surface area contributed by atoms with Crippen LogP contribution >= 0.6 is 11.6 Å². The fourth-order valence-corrected chi connectivity index (χ4v) is 2.52. The van der Waals surface area contributed by atoms with Crippen molar-refractivity contribution in [3.05, 3.63) is 47.5 Å². The van der Waals surface area contributed by atoms with E-state index in [1.54, 1.807) is 7.11 Å². The number of methoxy groups -OCH3 is 1. The van der Waals surface area contributed by atoms with Crippen molar-refractivity contribution < 1.29 is 4.74 Å². The normalized spacial score (nSPS) is 11.2. The van der Waals surface area contributed by atoms with Crippen LogP contribution in [0.15, 0.2) is 42.5 Å². The van der Waals surface area contributed by atoms with Gasteiger partial charge in [0, 0.05) is 16.8 Å². The first-order chi connectivity index (χ1) is 10.7. The van der Waals surface area contributed by atoms with Crippen LogP contribution in [0.5, 0.6) is 5.75 Å². The molecule has 4 rings (SSSR count). The molecule has 110 valence electrons. The van der Waals surface area contributed by atoms with Crippen LogP contribution in [0.4, 0.5) is 11.6 Å². The third-order valence-corrected chi connectivity index (χ3v) is 3.60. The molecule has 2 N–H and O–H groups in total. The van der Waals surface area contributed by atoms with Gasteiger partial charge in [-0.1, -0.05) is 17.7 Å². The molecule has 2 aromatic carbocycles. The highest BCUT2D eigenvalue weighted by Gasteiger charge is 2.10. The lowest BCUT2D eigenvalue weighted by molar-refractivity contribution is 0.415. The van der Waals surface area contributed by atoms with Gasteiger partial charge in [-0.05, 0) is 30.3 Å². The van der Waals surface area contributed by atoms with Crippen LogP contribution in [-0.4, -0.2) is 26.7 Å². The van der Waals surface area contributed by atoms with Crippen molar-refractivity contribution in [2.75, 3.05) is 12.4 Å². The quantitative estimate of drug-likeness (QED) is 0.606. The minimum absolute atomic E-state index is 0.586. The van der Waals surface area contributed by atoms with Gasteiger partial charge in [0.15, 0.2) is 0 Å². The summed E-state index contributed by atoms with van der Waals surface area (Å²) in [6, 6.07) is 13.2. The van der Waals surface area contributed by atoms with Crippen LogP contribution in [0.3, 0.4) is 0 Å².